The average molecular weight is 273 g/mol. The molecule has 6 heteroatoms. The monoisotopic (exact) mass is 273 g/mol. The number of rotatable bonds is 3. The predicted molar refractivity (Wildman–Crippen MR) is 77.8 cm³/mol. The highest BCUT2D eigenvalue weighted by molar-refractivity contribution is 5.76. The quantitative estimate of drug-likeness (QED) is 0.829. The minimum atomic E-state index is -0.253. The number of hydrogen-bond acceptors (Lipinski definition) is 4. The largest absolute Gasteiger partial charge is 0.399 e. The first-order valence-electron chi connectivity index (χ1n) is 6.40. The number of carbonyl (C=O) groups excluding carboxylic acids is 1. The molecule has 0 saturated carbocycles. The lowest BCUT2D eigenvalue weighted by Crippen LogP contribution is -2.42. The first-order valence-corrected chi connectivity index (χ1v) is 6.40. The Labute approximate surface area is 118 Å². The van der Waals surface area contributed by atoms with Crippen molar-refractivity contribution in [2.45, 2.75) is 32.9 Å². The van der Waals surface area contributed by atoms with Gasteiger partial charge in [-0.3, -0.25) is 4.79 Å². The molecule has 0 aliphatic heterocycles. The van der Waals surface area contributed by atoms with Gasteiger partial charge in [-0.1, -0.05) is 0 Å². The van der Waals surface area contributed by atoms with Crippen LogP contribution in [0.5, 0.6) is 0 Å². The Morgan fingerprint density at radius 1 is 1.30 bits per heavy atom. The smallest absolute Gasteiger partial charge is 0.242 e. The molecule has 1 aromatic carbocycles. The number of nitrogens with two attached hydrogens (primary N) is 1. The molecule has 0 aliphatic rings. The van der Waals surface area contributed by atoms with Gasteiger partial charge in [0.2, 0.25) is 5.91 Å². The number of aromatic nitrogens is 3. The summed E-state index contributed by atoms with van der Waals surface area (Å²) in [5.74, 6) is 0.486. The Morgan fingerprint density at radius 3 is 2.55 bits per heavy atom. The minimum absolute atomic E-state index is 0.0914. The van der Waals surface area contributed by atoms with Crippen LogP contribution in [0.2, 0.25) is 0 Å². The van der Waals surface area contributed by atoms with Gasteiger partial charge >= 0.3 is 0 Å². The standard InChI is InChI=1S/C14H19N5O/c1-14(2,3)17-12(20)8-19-9-16-13(18-19)10-4-6-11(15)7-5-10/h4-7,9H,8,15H2,1-3H3,(H,17,20). The van der Waals surface area contributed by atoms with E-state index < -0.39 is 0 Å². The fourth-order valence-corrected chi connectivity index (χ4v) is 1.74. The summed E-state index contributed by atoms with van der Waals surface area (Å²) in [5.41, 5.74) is 6.95. The van der Waals surface area contributed by atoms with Crippen molar-refractivity contribution in [3.05, 3.63) is 30.6 Å². The van der Waals surface area contributed by atoms with Crippen molar-refractivity contribution < 1.29 is 4.79 Å². The summed E-state index contributed by atoms with van der Waals surface area (Å²) in [6, 6.07) is 7.29. The van der Waals surface area contributed by atoms with Crippen LogP contribution in [0, 0.1) is 0 Å². The minimum Gasteiger partial charge on any atom is -0.399 e. The van der Waals surface area contributed by atoms with Crippen LogP contribution in [0.1, 0.15) is 20.8 Å². The maximum atomic E-state index is 11.8. The van der Waals surface area contributed by atoms with Crippen molar-refractivity contribution in [1.82, 2.24) is 20.1 Å². The van der Waals surface area contributed by atoms with Gasteiger partial charge in [0.1, 0.15) is 12.9 Å². The zero-order valence-electron chi connectivity index (χ0n) is 11.9. The van der Waals surface area contributed by atoms with Crippen LogP contribution in [-0.4, -0.2) is 26.2 Å². The summed E-state index contributed by atoms with van der Waals surface area (Å²) in [4.78, 5) is 16.0. The van der Waals surface area contributed by atoms with E-state index in [-0.39, 0.29) is 18.0 Å². The highest BCUT2D eigenvalue weighted by Crippen LogP contribution is 2.15. The Kier molecular flexibility index (Phi) is 3.74. The number of carbonyl (C=O) groups is 1. The van der Waals surface area contributed by atoms with Crippen molar-refractivity contribution >= 4 is 11.6 Å². The van der Waals surface area contributed by atoms with Crippen LogP contribution in [-0.2, 0) is 11.3 Å². The fourth-order valence-electron chi connectivity index (χ4n) is 1.74. The average Bonchev–Trinajstić information content (AvgIpc) is 2.75. The second-order valence-corrected chi connectivity index (χ2v) is 5.69. The van der Waals surface area contributed by atoms with Gasteiger partial charge in [-0.15, -0.1) is 0 Å². The summed E-state index contributed by atoms with van der Waals surface area (Å²) in [7, 11) is 0. The molecule has 0 bridgehead atoms. The molecule has 3 N–H and O–H groups in total. The molecule has 0 spiro atoms. The summed E-state index contributed by atoms with van der Waals surface area (Å²) < 4.78 is 1.52. The molecule has 106 valence electrons. The van der Waals surface area contributed by atoms with Gasteiger partial charge in [0.15, 0.2) is 5.82 Å². The lowest BCUT2D eigenvalue weighted by Gasteiger charge is -2.20. The number of nitrogens with zero attached hydrogens (tertiary/aromatic N) is 3. The maximum Gasteiger partial charge on any atom is 0.242 e. The van der Waals surface area contributed by atoms with Gasteiger partial charge in [-0.2, -0.15) is 5.10 Å². The molecule has 0 unspecified atom stereocenters. The van der Waals surface area contributed by atoms with Crippen molar-refractivity contribution in [3.8, 4) is 11.4 Å². The fraction of sp³-hybridized carbons (Fsp3) is 0.357. The van der Waals surface area contributed by atoms with Crippen LogP contribution >= 0.6 is 0 Å². The predicted octanol–water partition coefficient (Wildman–Crippen LogP) is 1.44. The van der Waals surface area contributed by atoms with Crippen LogP contribution in [0.3, 0.4) is 0 Å². The van der Waals surface area contributed by atoms with E-state index in [9.17, 15) is 4.79 Å². The number of hydrogen-bond donors (Lipinski definition) is 2. The molecule has 0 radical (unpaired) electrons. The second-order valence-electron chi connectivity index (χ2n) is 5.69. The second kappa shape index (κ2) is 5.32. The van der Waals surface area contributed by atoms with Crippen LogP contribution in [0.4, 0.5) is 5.69 Å². The molecule has 0 saturated heterocycles. The molecule has 1 amide bonds. The lowest BCUT2D eigenvalue weighted by molar-refractivity contribution is -0.123. The lowest BCUT2D eigenvalue weighted by atomic mass is 10.1. The van der Waals surface area contributed by atoms with Gasteiger partial charge in [0.05, 0.1) is 0 Å². The van der Waals surface area contributed by atoms with Gasteiger partial charge in [0, 0.05) is 16.8 Å². The van der Waals surface area contributed by atoms with E-state index in [1.807, 2.05) is 32.9 Å². The van der Waals surface area contributed by atoms with E-state index in [1.165, 1.54) is 4.68 Å². The maximum absolute atomic E-state index is 11.8. The van der Waals surface area contributed by atoms with E-state index in [2.05, 4.69) is 15.4 Å². The molecule has 0 atom stereocenters. The zero-order valence-corrected chi connectivity index (χ0v) is 11.9. The highest BCUT2D eigenvalue weighted by Gasteiger charge is 2.14. The van der Waals surface area contributed by atoms with Gasteiger partial charge in [0.25, 0.3) is 0 Å². The van der Waals surface area contributed by atoms with E-state index in [0.29, 0.717) is 11.5 Å². The summed E-state index contributed by atoms with van der Waals surface area (Å²) in [6.07, 6.45) is 1.55. The van der Waals surface area contributed by atoms with E-state index in [0.717, 1.165) is 5.56 Å². The normalized spacial score (nSPS) is 11.3. The number of nitrogens with one attached hydrogen (secondary N) is 1. The van der Waals surface area contributed by atoms with Crippen molar-refractivity contribution in [2.24, 2.45) is 0 Å². The zero-order chi connectivity index (χ0) is 14.8. The Morgan fingerprint density at radius 2 is 1.95 bits per heavy atom. The highest BCUT2D eigenvalue weighted by atomic mass is 16.2. The molecule has 20 heavy (non-hydrogen) atoms. The van der Waals surface area contributed by atoms with Crippen LogP contribution in [0.15, 0.2) is 30.6 Å². The first-order chi connectivity index (χ1) is 9.33. The number of amides is 1. The third-order valence-electron chi connectivity index (χ3n) is 2.53. The number of benzene rings is 1. The Hall–Kier alpha value is -2.37. The molecule has 0 fully saturated rings. The molecule has 2 aromatic rings. The Balaban J connectivity index is 2.06. The summed E-state index contributed by atoms with van der Waals surface area (Å²) >= 11 is 0. The molecular weight excluding hydrogens is 254 g/mol. The number of anilines is 1. The van der Waals surface area contributed by atoms with E-state index >= 15 is 0 Å². The van der Waals surface area contributed by atoms with E-state index in [1.54, 1.807) is 18.5 Å². The third kappa shape index (κ3) is 3.81. The van der Waals surface area contributed by atoms with Gasteiger partial charge < -0.3 is 11.1 Å². The van der Waals surface area contributed by atoms with Gasteiger partial charge in [-0.25, -0.2) is 9.67 Å². The molecular formula is C14H19N5O. The van der Waals surface area contributed by atoms with Crippen LogP contribution in [0.25, 0.3) is 11.4 Å². The Bertz CT molecular complexity index is 595. The van der Waals surface area contributed by atoms with Crippen molar-refractivity contribution in [1.29, 1.82) is 0 Å². The molecule has 6 nitrogen and oxygen atoms in total. The summed E-state index contributed by atoms with van der Waals surface area (Å²) in [6.45, 7) is 5.96. The van der Waals surface area contributed by atoms with Crippen LogP contribution < -0.4 is 11.1 Å². The van der Waals surface area contributed by atoms with E-state index in [4.69, 9.17) is 5.73 Å². The molecule has 0 aliphatic carbocycles. The topological polar surface area (TPSA) is 85.8 Å². The van der Waals surface area contributed by atoms with Gasteiger partial charge in [-0.05, 0) is 45.0 Å². The summed E-state index contributed by atoms with van der Waals surface area (Å²) in [5, 5.41) is 7.16. The first kappa shape index (κ1) is 14.0. The molecule has 1 heterocycles. The van der Waals surface area contributed by atoms with Crippen molar-refractivity contribution in [2.75, 3.05) is 5.73 Å². The third-order valence-corrected chi connectivity index (χ3v) is 2.53. The molecule has 2 rings (SSSR count). The molecule has 1 aromatic heterocycles. The number of nitrogen functional groups attached to an aromatic ring is 1. The van der Waals surface area contributed by atoms with Crippen molar-refractivity contribution in [3.63, 3.8) is 0 Å². The SMILES string of the molecule is CC(C)(C)NC(=O)Cn1cnc(-c2ccc(N)cc2)n1.